The molecule has 5 heteroatoms. The zero-order valence-corrected chi connectivity index (χ0v) is 10.6. The lowest BCUT2D eigenvalue weighted by molar-refractivity contribution is -0.137. The van der Waals surface area contributed by atoms with Crippen LogP contribution in [-0.4, -0.2) is 41.8 Å². The minimum absolute atomic E-state index is 0.0594. The normalized spacial score (nSPS) is 16.8. The van der Waals surface area contributed by atoms with Crippen molar-refractivity contribution in [1.82, 2.24) is 4.90 Å². The molecule has 1 heterocycles. The van der Waals surface area contributed by atoms with Gasteiger partial charge in [-0.1, -0.05) is 13.8 Å². The Kier molecular flexibility index (Phi) is 4.78. The number of nitrogens with zero attached hydrogens (tertiary/aromatic N) is 1. The Hall–Kier alpha value is -1.26. The first-order valence-electron chi connectivity index (χ1n) is 6.04. The van der Waals surface area contributed by atoms with E-state index < -0.39 is 5.97 Å². The Labute approximate surface area is 102 Å². The van der Waals surface area contributed by atoms with Gasteiger partial charge in [0.05, 0.1) is 6.61 Å². The molecule has 1 aliphatic heterocycles. The van der Waals surface area contributed by atoms with Crippen LogP contribution in [0.25, 0.3) is 0 Å². The molecule has 0 aromatic heterocycles. The van der Waals surface area contributed by atoms with Crippen LogP contribution in [0.5, 0.6) is 0 Å². The molecular formula is C12H21NO4. The maximum atomic E-state index is 11.4. The second kappa shape index (κ2) is 5.89. The number of carboxylic acids is 1. The molecule has 0 radical (unpaired) electrons. The summed E-state index contributed by atoms with van der Waals surface area (Å²) in [6.07, 6.45) is 2.24. The highest BCUT2D eigenvalue weighted by Crippen LogP contribution is 2.27. The molecule has 0 aromatic rings. The number of carbonyl (C=O) groups is 2. The number of carboxylic acid groups (broad SMARTS) is 1. The van der Waals surface area contributed by atoms with Crippen LogP contribution < -0.4 is 0 Å². The summed E-state index contributed by atoms with van der Waals surface area (Å²) < 4.78 is 4.95. The smallest absolute Gasteiger partial charge is 0.409 e. The molecular weight excluding hydrogens is 222 g/mol. The Morgan fingerprint density at radius 3 is 2.76 bits per heavy atom. The molecule has 0 atom stereocenters. The van der Waals surface area contributed by atoms with E-state index in [0.717, 1.165) is 19.4 Å². The molecule has 1 fully saturated rings. The van der Waals surface area contributed by atoms with Gasteiger partial charge in [-0.25, -0.2) is 4.79 Å². The van der Waals surface area contributed by atoms with Crippen LogP contribution in [0.4, 0.5) is 4.79 Å². The highest BCUT2D eigenvalue weighted by atomic mass is 16.6. The Morgan fingerprint density at radius 1 is 1.47 bits per heavy atom. The van der Waals surface area contributed by atoms with E-state index in [-0.39, 0.29) is 17.9 Å². The number of rotatable bonds is 6. The molecule has 0 unspecified atom stereocenters. The van der Waals surface area contributed by atoms with Gasteiger partial charge < -0.3 is 14.7 Å². The van der Waals surface area contributed by atoms with Crippen LogP contribution in [0.1, 0.15) is 39.5 Å². The molecule has 98 valence electrons. The SMILES string of the molecule is CC(C)(CCC(=O)O)CCN1CCCOC1=O. The Morgan fingerprint density at radius 2 is 2.18 bits per heavy atom. The fourth-order valence-corrected chi connectivity index (χ4v) is 1.81. The van der Waals surface area contributed by atoms with Gasteiger partial charge in [0.25, 0.3) is 0 Å². The van der Waals surface area contributed by atoms with Crippen molar-refractivity contribution < 1.29 is 19.4 Å². The van der Waals surface area contributed by atoms with Gasteiger partial charge in [0, 0.05) is 19.5 Å². The minimum Gasteiger partial charge on any atom is -0.481 e. The van der Waals surface area contributed by atoms with Crippen molar-refractivity contribution in [3.05, 3.63) is 0 Å². The van der Waals surface area contributed by atoms with Crippen LogP contribution in [-0.2, 0) is 9.53 Å². The van der Waals surface area contributed by atoms with Crippen LogP contribution in [0.3, 0.4) is 0 Å². The molecule has 0 aromatic carbocycles. The van der Waals surface area contributed by atoms with E-state index in [4.69, 9.17) is 9.84 Å². The molecule has 1 rings (SSSR count). The summed E-state index contributed by atoms with van der Waals surface area (Å²) in [7, 11) is 0. The van der Waals surface area contributed by atoms with Crippen molar-refractivity contribution >= 4 is 12.1 Å². The van der Waals surface area contributed by atoms with Gasteiger partial charge >= 0.3 is 12.1 Å². The van der Waals surface area contributed by atoms with Gasteiger partial charge in [-0.05, 0) is 24.7 Å². The lowest BCUT2D eigenvalue weighted by atomic mass is 9.84. The van der Waals surface area contributed by atoms with Crippen LogP contribution >= 0.6 is 0 Å². The number of hydrogen-bond acceptors (Lipinski definition) is 3. The second-order valence-corrected chi connectivity index (χ2v) is 5.26. The van der Waals surface area contributed by atoms with Gasteiger partial charge in [-0.15, -0.1) is 0 Å². The molecule has 1 N–H and O–H groups in total. The van der Waals surface area contributed by atoms with Crippen molar-refractivity contribution in [2.24, 2.45) is 5.41 Å². The monoisotopic (exact) mass is 243 g/mol. The zero-order chi connectivity index (χ0) is 12.9. The van der Waals surface area contributed by atoms with Crippen LogP contribution in [0.2, 0.25) is 0 Å². The summed E-state index contributed by atoms with van der Waals surface area (Å²) in [5.74, 6) is -0.768. The molecule has 0 aliphatic carbocycles. The molecule has 5 nitrogen and oxygen atoms in total. The van der Waals surface area contributed by atoms with Crippen molar-refractivity contribution in [1.29, 1.82) is 0 Å². The third-order valence-corrected chi connectivity index (χ3v) is 3.13. The third-order valence-electron chi connectivity index (χ3n) is 3.13. The average molecular weight is 243 g/mol. The van der Waals surface area contributed by atoms with E-state index in [1.54, 1.807) is 4.90 Å². The fourth-order valence-electron chi connectivity index (χ4n) is 1.81. The van der Waals surface area contributed by atoms with Gasteiger partial charge in [-0.2, -0.15) is 0 Å². The summed E-state index contributed by atoms with van der Waals surface area (Å²) in [4.78, 5) is 23.6. The van der Waals surface area contributed by atoms with Crippen molar-refractivity contribution in [2.75, 3.05) is 19.7 Å². The largest absolute Gasteiger partial charge is 0.481 e. The molecule has 17 heavy (non-hydrogen) atoms. The molecule has 1 saturated heterocycles. The Bertz CT molecular complexity index is 288. The van der Waals surface area contributed by atoms with Gasteiger partial charge in [0.2, 0.25) is 0 Å². The lowest BCUT2D eigenvalue weighted by Gasteiger charge is -2.30. The van der Waals surface area contributed by atoms with Gasteiger partial charge in [0.1, 0.15) is 0 Å². The molecule has 1 amide bonds. The third kappa shape index (κ3) is 5.06. The van der Waals surface area contributed by atoms with Gasteiger partial charge in [0.15, 0.2) is 0 Å². The van der Waals surface area contributed by atoms with E-state index in [0.29, 0.717) is 19.6 Å². The zero-order valence-electron chi connectivity index (χ0n) is 10.6. The highest BCUT2D eigenvalue weighted by Gasteiger charge is 2.24. The van der Waals surface area contributed by atoms with Crippen LogP contribution in [0, 0.1) is 5.41 Å². The maximum absolute atomic E-state index is 11.4. The average Bonchev–Trinajstić information content (AvgIpc) is 2.26. The number of amides is 1. The summed E-state index contributed by atoms with van der Waals surface area (Å²) in [6.45, 7) is 5.97. The summed E-state index contributed by atoms with van der Waals surface area (Å²) in [5.41, 5.74) is -0.0594. The number of carbonyl (C=O) groups excluding carboxylic acids is 1. The molecule has 1 aliphatic rings. The van der Waals surface area contributed by atoms with E-state index in [1.807, 2.05) is 13.8 Å². The van der Waals surface area contributed by atoms with E-state index in [9.17, 15) is 9.59 Å². The van der Waals surface area contributed by atoms with Crippen molar-refractivity contribution in [2.45, 2.75) is 39.5 Å². The number of aliphatic carboxylic acids is 1. The number of cyclic esters (lactones) is 1. The molecule has 0 bridgehead atoms. The topological polar surface area (TPSA) is 66.8 Å². The lowest BCUT2D eigenvalue weighted by Crippen LogP contribution is -2.39. The van der Waals surface area contributed by atoms with Gasteiger partial charge in [-0.3, -0.25) is 4.79 Å². The first kappa shape index (κ1) is 13.8. The number of ether oxygens (including phenoxy) is 1. The summed E-state index contributed by atoms with van der Waals surface area (Å²) in [5, 5.41) is 8.65. The first-order chi connectivity index (χ1) is 7.91. The minimum atomic E-state index is -0.768. The van der Waals surface area contributed by atoms with Crippen molar-refractivity contribution in [3.8, 4) is 0 Å². The summed E-state index contributed by atoms with van der Waals surface area (Å²) in [6, 6.07) is 0. The Balaban J connectivity index is 2.32. The van der Waals surface area contributed by atoms with Crippen molar-refractivity contribution in [3.63, 3.8) is 0 Å². The number of hydrogen-bond donors (Lipinski definition) is 1. The predicted molar refractivity (Wildman–Crippen MR) is 62.8 cm³/mol. The second-order valence-electron chi connectivity index (χ2n) is 5.26. The van der Waals surface area contributed by atoms with E-state index in [1.165, 1.54) is 0 Å². The molecule has 0 spiro atoms. The predicted octanol–water partition coefficient (Wildman–Crippen LogP) is 2.11. The molecule has 0 saturated carbocycles. The van der Waals surface area contributed by atoms with Crippen LogP contribution in [0.15, 0.2) is 0 Å². The maximum Gasteiger partial charge on any atom is 0.409 e. The van der Waals surface area contributed by atoms with E-state index in [2.05, 4.69) is 0 Å². The quantitative estimate of drug-likeness (QED) is 0.775. The highest BCUT2D eigenvalue weighted by molar-refractivity contribution is 5.68. The van der Waals surface area contributed by atoms with E-state index >= 15 is 0 Å². The fraction of sp³-hybridized carbons (Fsp3) is 0.833. The first-order valence-corrected chi connectivity index (χ1v) is 6.04. The summed E-state index contributed by atoms with van der Waals surface area (Å²) >= 11 is 0. The standard InChI is InChI=1S/C12H21NO4/c1-12(2,5-4-10(14)15)6-8-13-7-3-9-17-11(13)16/h3-9H2,1-2H3,(H,14,15).